The van der Waals surface area contributed by atoms with Crippen molar-refractivity contribution < 1.29 is 38.0 Å². The molecule has 0 spiro atoms. The summed E-state index contributed by atoms with van der Waals surface area (Å²) in [5.74, 6) is 0.104. The lowest BCUT2D eigenvalue weighted by molar-refractivity contribution is -0.0123. The molecule has 13 heteroatoms. The SMILES string of the molecule is CCC1=C(C)c2cc3[nH]c(cc4nc(c(C)c5[nH]c(cc1n2)c(C)c5C(=O)N(C)CCOCCOCCOC)CC4C)c(C)c3C(C)OCCOCCOCCOC. The first kappa shape index (κ1) is 45.1. The van der Waals surface area contributed by atoms with Crippen molar-refractivity contribution in [2.24, 2.45) is 0 Å². The van der Waals surface area contributed by atoms with E-state index in [1.165, 1.54) is 0 Å². The van der Waals surface area contributed by atoms with E-state index in [1.807, 2.05) is 14.0 Å². The van der Waals surface area contributed by atoms with Crippen LogP contribution >= 0.6 is 0 Å². The van der Waals surface area contributed by atoms with Gasteiger partial charge in [0.15, 0.2) is 0 Å². The zero-order valence-electron chi connectivity index (χ0n) is 36.4. The highest BCUT2D eigenvalue weighted by atomic mass is 16.6. The number of hydrogen-bond donors (Lipinski definition) is 2. The van der Waals surface area contributed by atoms with Crippen molar-refractivity contribution in [3.05, 3.63) is 68.8 Å². The molecule has 3 aromatic rings. The number of aromatic nitrogens is 4. The molecule has 0 radical (unpaired) electrons. The van der Waals surface area contributed by atoms with Gasteiger partial charge in [-0.25, -0.2) is 4.98 Å². The van der Waals surface area contributed by atoms with Gasteiger partial charge in [0.2, 0.25) is 0 Å². The molecule has 8 bridgehead atoms. The van der Waals surface area contributed by atoms with Crippen LogP contribution in [0.4, 0.5) is 0 Å². The minimum atomic E-state index is -0.207. The molecule has 2 aliphatic rings. The molecule has 58 heavy (non-hydrogen) atoms. The lowest BCUT2D eigenvalue weighted by Gasteiger charge is -2.18. The number of aromatic amines is 2. The third-order valence-electron chi connectivity index (χ3n) is 11.1. The number of carbonyl (C=O) groups excluding carboxylic acids is 1. The van der Waals surface area contributed by atoms with Crippen molar-refractivity contribution in [2.45, 2.75) is 73.3 Å². The molecule has 5 rings (SSSR count). The number of methoxy groups -OCH3 is 2. The zero-order valence-corrected chi connectivity index (χ0v) is 36.4. The van der Waals surface area contributed by atoms with Gasteiger partial charge >= 0.3 is 0 Å². The van der Waals surface area contributed by atoms with Gasteiger partial charge in [0.1, 0.15) is 0 Å². The smallest absolute Gasteiger partial charge is 0.256 e. The van der Waals surface area contributed by atoms with Gasteiger partial charge in [-0.15, -0.1) is 0 Å². The van der Waals surface area contributed by atoms with Crippen LogP contribution in [-0.4, -0.2) is 131 Å². The number of amides is 1. The Hall–Kier alpha value is -3.95. The summed E-state index contributed by atoms with van der Waals surface area (Å²) in [5.41, 5.74) is 14.3. The highest BCUT2D eigenvalue weighted by Crippen LogP contribution is 2.37. The number of fused-ring (bicyclic) bond motifs is 8. The van der Waals surface area contributed by atoms with Gasteiger partial charge in [-0.2, -0.15) is 0 Å². The number of carbonyl (C=O) groups is 1. The minimum Gasteiger partial charge on any atom is -0.382 e. The summed E-state index contributed by atoms with van der Waals surface area (Å²) in [6.07, 6.45) is 1.36. The van der Waals surface area contributed by atoms with Crippen LogP contribution in [-0.2, 0) is 39.6 Å². The van der Waals surface area contributed by atoms with Crippen LogP contribution in [0.2, 0.25) is 0 Å². The van der Waals surface area contributed by atoms with E-state index in [1.54, 1.807) is 19.1 Å². The average molecular weight is 804 g/mol. The average Bonchev–Trinajstić information content (AvgIpc) is 3.92. The molecular weight excluding hydrogens is 739 g/mol. The quantitative estimate of drug-likeness (QED) is 0.0985. The van der Waals surface area contributed by atoms with Crippen LogP contribution in [0.15, 0.2) is 18.2 Å². The first-order valence-corrected chi connectivity index (χ1v) is 20.6. The van der Waals surface area contributed by atoms with Gasteiger partial charge in [0.25, 0.3) is 5.91 Å². The number of ether oxygens (including phenoxy) is 7. The Labute approximate surface area is 343 Å². The summed E-state index contributed by atoms with van der Waals surface area (Å²) < 4.78 is 39.0. The van der Waals surface area contributed by atoms with Crippen molar-refractivity contribution >= 4 is 39.1 Å². The number of aryl methyl sites for hydroxylation is 3. The van der Waals surface area contributed by atoms with E-state index in [4.69, 9.17) is 43.1 Å². The number of rotatable bonds is 22. The molecule has 0 fully saturated rings. The van der Waals surface area contributed by atoms with E-state index < -0.39 is 0 Å². The normalized spacial score (nSPS) is 14.8. The zero-order chi connectivity index (χ0) is 41.8. The van der Waals surface area contributed by atoms with E-state index in [2.05, 4.69) is 69.7 Å². The molecule has 0 aromatic carbocycles. The maximum atomic E-state index is 14.3. The molecule has 13 nitrogen and oxygen atoms in total. The second-order valence-corrected chi connectivity index (χ2v) is 15.1. The first-order valence-electron chi connectivity index (χ1n) is 20.6. The molecule has 1 amide bonds. The van der Waals surface area contributed by atoms with Crippen LogP contribution < -0.4 is 0 Å². The maximum absolute atomic E-state index is 14.3. The topological polar surface area (TPSA) is 142 Å². The molecular formula is C45H65N5O8. The summed E-state index contributed by atoms with van der Waals surface area (Å²) in [6.45, 7) is 20.7. The molecule has 2 N–H and O–H groups in total. The van der Waals surface area contributed by atoms with Gasteiger partial charge in [0.05, 0.1) is 101 Å². The molecule has 0 saturated heterocycles. The van der Waals surface area contributed by atoms with Gasteiger partial charge in [-0.1, -0.05) is 13.8 Å². The van der Waals surface area contributed by atoms with Gasteiger partial charge in [-0.3, -0.25) is 9.78 Å². The molecule has 2 aliphatic heterocycles. The number of nitrogens with zero attached hydrogens (tertiary/aromatic N) is 3. The Bertz CT molecular complexity index is 2050. The van der Waals surface area contributed by atoms with Gasteiger partial charge in [-0.05, 0) is 93.5 Å². The number of nitrogens with one attached hydrogen (secondary N) is 2. The van der Waals surface area contributed by atoms with E-state index in [9.17, 15) is 4.79 Å². The van der Waals surface area contributed by atoms with Gasteiger partial charge in [0, 0.05) is 67.2 Å². The van der Waals surface area contributed by atoms with Crippen LogP contribution in [0, 0.1) is 20.8 Å². The van der Waals surface area contributed by atoms with Crippen LogP contribution in [0.25, 0.3) is 33.2 Å². The largest absolute Gasteiger partial charge is 0.382 e. The Morgan fingerprint density at radius 1 is 0.759 bits per heavy atom. The predicted molar refractivity (Wildman–Crippen MR) is 228 cm³/mol. The highest BCUT2D eigenvalue weighted by molar-refractivity contribution is 6.06. The van der Waals surface area contributed by atoms with Crippen molar-refractivity contribution in [3.8, 4) is 0 Å². The summed E-state index contributed by atoms with van der Waals surface area (Å²) in [6, 6.07) is 6.41. The Balaban J connectivity index is 1.54. The van der Waals surface area contributed by atoms with E-state index >= 15 is 0 Å². The van der Waals surface area contributed by atoms with Crippen molar-refractivity contribution in [2.75, 3.05) is 100 Å². The third-order valence-corrected chi connectivity index (χ3v) is 11.1. The lowest BCUT2D eigenvalue weighted by Crippen LogP contribution is -2.31. The number of likely N-dealkylation sites (N-methyl/N-ethyl adjacent to an activating group) is 1. The van der Waals surface area contributed by atoms with Crippen LogP contribution in [0.5, 0.6) is 0 Å². The van der Waals surface area contributed by atoms with Crippen LogP contribution in [0.3, 0.4) is 0 Å². The number of allylic oxidation sites excluding steroid dienone is 2. The molecule has 3 aromatic heterocycles. The summed E-state index contributed by atoms with van der Waals surface area (Å²) in [4.78, 5) is 33.9. The van der Waals surface area contributed by atoms with Crippen LogP contribution in [0.1, 0.15) is 102 Å². The van der Waals surface area contributed by atoms with E-state index in [-0.39, 0.29) is 17.9 Å². The highest BCUT2D eigenvalue weighted by Gasteiger charge is 2.25. The predicted octanol–water partition coefficient (Wildman–Crippen LogP) is 7.44. The molecule has 5 heterocycles. The Kier molecular flexibility index (Phi) is 17.0. The lowest BCUT2D eigenvalue weighted by atomic mass is 10.0. The monoisotopic (exact) mass is 803 g/mol. The fraction of sp³-hybridized carbons (Fsp3) is 0.578. The maximum Gasteiger partial charge on any atom is 0.256 e. The molecule has 2 atom stereocenters. The van der Waals surface area contributed by atoms with Crippen molar-refractivity contribution in [1.29, 1.82) is 0 Å². The fourth-order valence-corrected chi connectivity index (χ4v) is 7.55. The second-order valence-electron chi connectivity index (χ2n) is 15.1. The minimum absolute atomic E-state index is 0.0731. The van der Waals surface area contributed by atoms with Gasteiger partial charge < -0.3 is 48.0 Å². The molecule has 0 saturated carbocycles. The van der Waals surface area contributed by atoms with Crippen molar-refractivity contribution in [1.82, 2.24) is 24.8 Å². The van der Waals surface area contributed by atoms with Crippen molar-refractivity contribution in [3.63, 3.8) is 0 Å². The number of hydrogen-bond acceptors (Lipinski definition) is 10. The Morgan fingerprint density at radius 3 is 1.98 bits per heavy atom. The summed E-state index contributed by atoms with van der Waals surface area (Å²) >= 11 is 0. The third kappa shape index (κ3) is 11.0. The summed E-state index contributed by atoms with van der Waals surface area (Å²) in [7, 11) is 5.13. The molecule has 2 unspecified atom stereocenters. The summed E-state index contributed by atoms with van der Waals surface area (Å²) in [5, 5.41) is 0. The number of H-pyrrole nitrogens is 2. The second kappa shape index (κ2) is 21.9. The molecule has 0 aliphatic carbocycles. The Morgan fingerprint density at radius 2 is 1.34 bits per heavy atom. The molecule has 318 valence electrons. The van der Waals surface area contributed by atoms with E-state index in [0.717, 1.165) is 91.1 Å². The first-order chi connectivity index (χ1) is 28.0. The standard InChI is InChI=1S/C45H65N5O8/c1-11-34-29(3)37-27-41-42(33(7)58-23-22-57-21-20-56-17-15-53-10)30(4)38(48-41)25-35-28(2)24-36(46-35)32(6)44-43(31(5)39(49-44)26-40(34)47-37)45(51)50(8)12-13-54-18-19-55-16-14-52-9/h25-28,33,48-49H,11-24H2,1-10H3. The fourth-order valence-electron chi connectivity index (χ4n) is 7.55. The van der Waals surface area contributed by atoms with E-state index in [0.29, 0.717) is 84.8 Å².